The largest absolute Gasteiger partial charge is 0.376 e. The van der Waals surface area contributed by atoms with Crippen LogP contribution in [0.1, 0.15) is 52.0 Å². The van der Waals surface area contributed by atoms with Crippen LogP contribution in [0.25, 0.3) is 0 Å². The van der Waals surface area contributed by atoms with Gasteiger partial charge in [-0.2, -0.15) is 0 Å². The summed E-state index contributed by atoms with van der Waals surface area (Å²) in [6, 6.07) is 8.28. The molecule has 1 aliphatic rings. The van der Waals surface area contributed by atoms with Crippen molar-refractivity contribution in [2.45, 2.75) is 51.9 Å². The lowest BCUT2D eigenvalue weighted by molar-refractivity contribution is -0.129. The molecule has 0 spiro atoms. The van der Waals surface area contributed by atoms with Gasteiger partial charge in [-0.1, -0.05) is 51.8 Å². The van der Waals surface area contributed by atoms with Crippen LogP contribution in [0.4, 0.5) is 5.69 Å². The van der Waals surface area contributed by atoms with Gasteiger partial charge in [0, 0.05) is 18.8 Å². The molecule has 0 aromatic heterocycles. The third kappa shape index (κ3) is 4.48. The maximum Gasteiger partial charge on any atom is 0.241 e. The fraction of sp³-hybridized carbons (Fsp3) is 0.611. The van der Waals surface area contributed by atoms with Gasteiger partial charge < -0.3 is 10.2 Å². The van der Waals surface area contributed by atoms with E-state index in [4.69, 9.17) is 0 Å². The van der Waals surface area contributed by atoms with Gasteiger partial charge in [0.1, 0.15) is 0 Å². The van der Waals surface area contributed by atoms with Crippen molar-refractivity contribution in [1.29, 1.82) is 0 Å². The minimum Gasteiger partial charge on any atom is -0.376 e. The highest BCUT2D eigenvalue weighted by molar-refractivity contribution is 5.81. The summed E-state index contributed by atoms with van der Waals surface area (Å²) in [6.45, 7) is 8.83. The van der Waals surface area contributed by atoms with Crippen LogP contribution in [-0.4, -0.2) is 30.4 Å². The molecule has 1 heterocycles. The zero-order chi connectivity index (χ0) is 15.3. The number of nitrogens with one attached hydrogen (secondary N) is 1. The summed E-state index contributed by atoms with van der Waals surface area (Å²) < 4.78 is 0. The molecule has 0 saturated carbocycles. The number of para-hydroxylation sites is 1. The molecular formula is C18H28N2O. The topological polar surface area (TPSA) is 32.3 Å². The van der Waals surface area contributed by atoms with Gasteiger partial charge in [-0.25, -0.2) is 0 Å². The molecule has 0 bridgehead atoms. The molecule has 0 unspecified atom stereocenters. The highest BCUT2D eigenvalue weighted by atomic mass is 16.2. The Morgan fingerprint density at radius 3 is 2.33 bits per heavy atom. The van der Waals surface area contributed by atoms with Gasteiger partial charge in [-0.3, -0.25) is 4.79 Å². The first-order chi connectivity index (χ1) is 9.98. The van der Waals surface area contributed by atoms with E-state index in [9.17, 15) is 4.79 Å². The van der Waals surface area contributed by atoms with E-state index in [2.05, 4.69) is 44.3 Å². The zero-order valence-electron chi connectivity index (χ0n) is 13.6. The summed E-state index contributed by atoms with van der Waals surface area (Å²) >= 11 is 0. The molecule has 3 nitrogen and oxygen atoms in total. The average Bonchev–Trinajstić information content (AvgIpc) is 2.73. The van der Waals surface area contributed by atoms with Crippen LogP contribution in [0.15, 0.2) is 24.3 Å². The number of nitrogens with zero attached hydrogens (tertiary/aromatic N) is 1. The number of benzene rings is 1. The van der Waals surface area contributed by atoms with Crippen LogP contribution < -0.4 is 5.32 Å². The number of carbonyl (C=O) groups is 1. The number of anilines is 1. The van der Waals surface area contributed by atoms with E-state index in [1.54, 1.807) is 0 Å². The molecule has 1 N–H and O–H groups in total. The van der Waals surface area contributed by atoms with Crippen molar-refractivity contribution >= 4 is 11.6 Å². The lowest BCUT2D eigenvalue weighted by atomic mass is 9.86. The monoisotopic (exact) mass is 288 g/mol. The third-order valence-corrected chi connectivity index (χ3v) is 4.12. The second kappa shape index (κ2) is 6.97. The maximum absolute atomic E-state index is 12.3. The maximum atomic E-state index is 12.3. The number of carbonyl (C=O) groups excluding carboxylic acids is 1. The van der Waals surface area contributed by atoms with Crippen LogP contribution in [0.3, 0.4) is 0 Å². The van der Waals surface area contributed by atoms with Gasteiger partial charge in [0.05, 0.1) is 6.54 Å². The lowest BCUT2D eigenvalue weighted by Crippen LogP contribution is -2.36. The molecule has 2 rings (SSSR count). The number of hydrogen-bond donors (Lipinski definition) is 1. The number of likely N-dealkylation sites (tertiary alicyclic amines) is 1. The summed E-state index contributed by atoms with van der Waals surface area (Å²) in [5.41, 5.74) is 2.41. The first kappa shape index (κ1) is 15.9. The molecule has 1 aliphatic heterocycles. The highest BCUT2D eigenvalue weighted by Crippen LogP contribution is 2.29. The van der Waals surface area contributed by atoms with E-state index in [1.165, 1.54) is 18.4 Å². The molecule has 3 heteroatoms. The van der Waals surface area contributed by atoms with Crippen molar-refractivity contribution < 1.29 is 4.79 Å². The highest BCUT2D eigenvalue weighted by Gasteiger charge is 2.19. The van der Waals surface area contributed by atoms with E-state index >= 15 is 0 Å². The van der Waals surface area contributed by atoms with E-state index in [1.807, 2.05) is 11.0 Å². The van der Waals surface area contributed by atoms with Crippen molar-refractivity contribution in [3.05, 3.63) is 29.8 Å². The average molecular weight is 288 g/mol. The van der Waals surface area contributed by atoms with Gasteiger partial charge in [0.2, 0.25) is 5.91 Å². The van der Waals surface area contributed by atoms with Gasteiger partial charge >= 0.3 is 0 Å². The van der Waals surface area contributed by atoms with Gasteiger partial charge in [0.15, 0.2) is 0 Å². The standard InChI is InChI=1S/C18H28N2O/c1-18(2,3)15-10-6-7-11-16(15)19-14-17(21)20-12-8-4-5-9-13-20/h6-7,10-11,19H,4-5,8-9,12-14H2,1-3H3. The fourth-order valence-corrected chi connectivity index (χ4v) is 2.89. The molecule has 1 amide bonds. The Morgan fingerprint density at radius 1 is 1.10 bits per heavy atom. The predicted molar refractivity (Wildman–Crippen MR) is 88.7 cm³/mol. The Balaban J connectivity index is 1.98. The van der Waals surface area contributed by atoms with Crippen molar-refractivity contribution in [2.75, 3.05) is 25.0 Å². The van der Waals surface area contributed by atoms with E-state index in [0.717, 1.165) is 31.6 Å². The zero-order valence-corrected chi connectivity index (χ0v) is 13.6. The Labute approximate surface area is 128 Å². The first-order valence-electron chi connectivity index (χ1n) is 8.09. The van der Waals surface area contributed by atoms with Gasteiger partial charge in [-0.15, -0.1) is 0 Å². The Kier molecular flexibility index (Phi) is 5.27. The summed E-state index contributed by atoms with van der Waals surface area (Å²) in [5.74, 6) is 0.223. The quantitative estimate of drug-likeness (QED) is 0.917. The minimum absolute atomic E-state index is 0.0786. The molecule has 1 aromatic carbocycles. The number of rotatable bonds is 3. The van der Waals surface area contributed by atoms with Gasteiger partial charge in [-0.05, 0) is 29.9 Å². The predicted octanol–water partition coefficient (Wildman–Crippen LogP) is 3.80. The Bertz CT molecular complexity index is 468. The molecule has 21 heavy (non-hydrogen) atoms. The van der Waals surface area contributed by atoms with E-state index in [-0.39, 0.29) is 11.3 Å². The molecule has 1 aromatic rings. The van der Waals surface area contributed by atoms with Crippen LogP contribution in [0.5, 0.6) is 0 Å². The second-order valence-electron chi connectivity index (χ2n) is 6.94. The number of hydrogen-bond acceptors (Lipinski definition) is 2. The molecule has 1 saturated heterocycles. The van der Waals surface area contributed by atoms with Crippen LogP contribution in [0, 0.1) is 0 Å². The SMILES string of the molecule is CC(C)(C)c1ccccc1NCC(=O)N1CCCCCC1. The molecule has 0 radical (unpaired) electrons. The second-order valence-corrected chi connectivity index (χ2v) is 6.94. The Hall–Kier alpha value is -1.51. The van der Waals surface area contributed by atoms with E-state index in [0.29, 0.717) is 6.54 Å². The fourth-order valence-electron chi connectivity index (χ4n) is 2.89. The Morgan fingerprint density at radius 2 is 1.71 bits per heavy atom. The van der Waals surface area contributed by atoms with Crippen LogP contribution >= 0.6 is 0 Å². The molecule has 0 atom stereocenters. The first-order valence-corrected chi connectivity index (χ1v) is 8.09. The summed E-state index contributed by atoms with van der Waals surface area (Å²) in [6.07, 6.45) is 4.79. The smallest absolute Gasteiger partial charge is 0.241 e. The van der Waals surface area contributed by atoms with Crippen molar-refractivity contribution in [3.8, 4) is 0 Å². The van der Waals surface area contributed by atoms with Gasteiger partial charge in [0.25, 0.3) is 0 Å². The minimum atomic E-state index is 0.0786. The summed E-state index contributed by atoms with van der Waals surface area (Å²) in [4.78, 5) is 14.4. The number of amides is 1. The summed E-state index contributed by atoms with van der Waals surface area (Å²) in [5, 5.41) is 3.35. The summed E-state index contributed by atoms with van der Waals surface area (Å²) in [7, 11) is 0. The van der Waals surface area contributed by atoms with Crippen molar-refractivity contribution in [2.24, 2.45) is 0 Å². The van der Waals surface area contributed by atoms with E-state index < -0.39 is 0 Å². The lowest BCUT2D eigenvalue weighted by Gasteiger charge is -2.25. The molecule has 0 aliphatic carbocycles. The molecule has 116 valence electrons. The van der Waals surface area contributed by atoms with Crippen LogP contribution in [0.2, 0.25) is 0 Å². The molecule has 1 fully saturated rings. The normalized spacial score (nSPS) is 16.4. The molecular weight excluding hydrogens is 260 g/mol. The van der Waals surface area contributed by atoms with Crippen molar-refractivity contribution in [3.63, 3.8) is 0 Å². The third-order valence-electron chi connectivity index (χ3n) is 4.12. The van der Waals surface area contributed by atoms with Crippen molar-refractivity contribution in [1.82, 2.24) is 4.90 Å². The van der Waals surface area contributed by atoms with Crippen LogP contribution in [-0.2, 0) is 10.2 Å².